The monoisotopic (exact) mass is 679 g/mol. The summed E-state index contributed by atoms with van der Waals surface area (Å²) in [5.41, 5.74) is 0.632. The third-order valence-corrected chi connectivity index (χ3v) is 9.14. The van der Waals surface area contributed by atoms with Gasteiger partial charge in [-0.3, -0.25) is 13.9 Å². The van der Waals surface area contributed by atoms with Crippen molar-refractivity contribution in [3.05, 3.63) is 120 Å². The number of hydrogen-bond donors (Lipinski definition) is 1. The molecule has 0 aliphatic carbocycles. The summed E-state index contributed by atoms with van der Waals surface area (Å²) in [6.45, 7) is 4.53. The topological polar surface area (TPSA) is 105 Å². The molecule has 254 valence electrons. The Kier molecular flexibility index (Phi) is 11.4. The summed E-state index contributed by atoms with van der Waals surface area (Å²) in [5.74, 6) is -1.83. The highest BCUT2D eigenvalue weighted by molar-refractivity contribution is 7.92. The van der Waals surface area contributed by atoms with Crippen LogP contribution in [0.1, 0.15) is 31.9 Å². The molecule has 1 unspecified atom stereocenters. The number of amides is 2. The summed E-state index contributed by atoms with van der Waals surface area (Å²) < 4.78 is 67.8. The molecule has 9 nitrogen and oxygen atoms in total. The Labute approximate surface area is 280 Å². The van der Waals surface area contributed by atoms with Crippen molar-refractivity contribution in [3.63, 3.8) is 0 Å². The van der Waals surface area contributed by atoms with Crippen molar-refractivity contribution < 1.29 is 36.3 Å². The molecule has 0 heterocycles. The highest BCUT2D eigenvalue weighted by atomic mass is 32.2. The lowest BCUT2D eigenvalue weighted by Crippen LogP contribution is -2.56. The molecule has 0 bridgehead atoms. The van der Waals surface area contributed by atoms with Crippen molar-refractivity contribution in [3.8, 4) is 11.5 Å². The Hall–Kier alpha value is -4.97. The van der Waals surface area contributed by atoms with Crippen molar-refractivity contribution in [1.82, 2.24) is 10.2 Å². The molecule has 0 fully saturated rings. The summed E-state index contributed by atoms with van der Waals surface area (Å²) in [7, 11) is -1.72. The predicted octanol–water partition coefficient (Wildman–Crippen LogP) is 5.73. The first-order valence-electron chi connectivity index (χ1n) is 15.1. The van der Waals surface area contributed by atoms with Gasteiger partial charge in [-0.05, 0) is 80.4 Å². The summed E-state index contributed by atoms with van der Waals surface area (Å²) in [6, 6.07) is 22.1. The van der Waals surface area contributed by atoms with Gasteiger partial charge in [0.1, 0.15) is 24.2 Å². The van der Waals surface area contributed by atoms with Crippen LogP contribution in [0.25, 0.3) is 0 Å². The number of ether oxygens (including phenoxy) is 2. The highest BCUT2D eigenvalue weighted by Crippen LogP contribution is 2.32. The molecule has 4 aromatic rings. The average Bonchev–Trinajstić information content (AvgIpc) is 3.05. The van der Waals surface area contributed by atoms with Gasteiger partial charge in [0.2, 0.25) is 11.8 Å². The zero-order valence-electron chi connectivity index (χ0n) is 27.4. The van der Waals surface area contributed by atoms with E-state index >= 15 is 0 Å². The summed E-state index contributed by atoms with van der Waals surface area (Å²) in [5, 5.41) is 2.95. The second kappa shape index (κ2) is 15.3. The Morgan fingerprint density at radius 2 is 1.38 bits per heavy atom. The fraction of sp³-hybridized carbons (Fsp3) is 0.278. The third kappa shape index (κ3) is 9.09. The van der Waals surface area contributed by atoms with Crippen LogP contribution in [0.5, 0.6) is 11.5 Å². The van der Waals surface area contributed by atoms with E-state index in [0.717, 1.165) is 22.0 Å². The summed E-state index contributed by atoms with van der Waals surface area (Å²) in [4.78, 5) is 29.5. The fourth-order valence-electron chi connectivity index (χ4n) is 5.03. The largest absolute Gasteiger partial charge is 0.493 e. The molecule has 0 radical (unpaired) electrons. The minimum atomic E-state index is -4.49. The quantitative estimate of drug-likeness (QED) is 0.194. The molecule has 0 aliphatic heterocycles. The van der Waals surface area contributed by atoms with Crippen LogP contribution >= 0.6 is 0 Å². The lowest BCUT2D eigenvalue weighted by atomic mass is 10.0. The summed E-state index contributed by atoms with van der Waals surface area (Å²) >= 11 is 0. The van der Waals surface area contributed by atoms with Crippen molar-refractivity contribution in [2.75, 3.05) is 25.1 Å². The highest BCUT2D eigenvalue weighted by Gasteiger charge is 2.36. The molecule has 48 heavy (non-hydrogen) atoms. The first-order chi connectivity index (χ1) is 22.7. The Bertz CT molecular complexity index is 1810. The number of rotatable bonds is 13. The molecule has 1 N–H and O–H groups in total. The lowest BCUT2D eigenvalue weighted by Gasteiger charge is -2.35. The third-order valence-electron chi connectivity index (χ3n) is 7.37. The number of carbonyl (C=O) groups is 2. The fourth-order valence-corrected chi connectivity index (χ4v) is 6.46. The van der Waals surface area contributed by atoms with Gasteiger partial charge in [-0.1, -0.05) is 42.5 Å². The van der Waals surface area contributed by atoms with Crippen LogP contribution in [0.4, 0.5) is 14.5 Å². The molecule has 0 spiro atoms. The maximum Gasteiger partial charge on any atom is 0.264 e. The summed E-state index contributed by atoms with van der Waals surface area (Å²) in [6.07, 6.45) is 0.106. The number of hydrogen-bond acceptors (Lipinski definition) is 6. The van der Waals surface area contributed by atoms with E-state index in [1.165, 1.54) is 73.7 Å². The van der Waals surface area contributed by atoms with E-state index in [0.29, 0.717) is 11.3 Å². The number of methoxy groups -OCH3 is 2. The average molecular weight is 680 g/mol. The number of halogens is 2. The minimum absolute atomic E-state index is 0.0139. The van der Waals surface area contributed by atoms with Crippen molar-refractivity contribution in [2.45, 2.75) is 50.2 Å². The molecular formula is C36H39F2N3O6S. The molecule has 12 heteroatoms. The molecule has 0 saturated heterocycles. The van der Waals surface area contributed by atoms with Crippen LogP contribution in [0.3, 0.4) is 0 Å². The molecular weight excluding hydrogens is 640 g/mol. The van der Waals surface area contributed by atoms with Gasteiger partial charge < -0.3 is 19.7 Å². The van der Waals surface area contributed by atoms with Crippen LogP contribution in [-0.4, -0.2) is 57.5 Å². The second-order valence-corrected chi connectivity index (χ2v) is 14.0. The maximum atomic E-state index is 14.5. The second-order valence-electron chi connectivity index (χ2n) is 12.1. The van der Waals surface area contributed by atoms with Gasteiger partial charge in [0.15, 0.2) is 11.5 Å². The van der Waals surface area contributed by atoms with Gasteiger partial charge in [0.05, 0.1) is 24.8 Å². The van der Waals surface area contributed by atoms with Crippen LogP contribution in [-0.2, 0) is 32.6 Å². The number of benzene rings is 4. The Morgan fingerprint density at radius 3 is 1.94 bits per heavy atom. The molecule has 4 aromatic carbocycles. The lowest BCUT2D eigenvalue weighted by molar-refractivity contribution is -0.140. The van der Waals surface area contributed by atoms with Crippen LogP contribution in [0.15, 0.2) is 102 Å². The van der Waals surface area contributed by atoms with Gasteiger partial charge in [0.25, 0.3) is 10.0 Å². The van der Waals surface area contributed by atoms with Gasteiger partial charge in [0, 0.05) is 24.6 Å². The first-order valence-corrected chi connectivity index (χ1v) is 16.6. The zero-order chi connectivity index (χ0) is 35.1. The predicted molar refractivity (Wildman–Crippen MR) is 179 cm³/mol. The molecule has 0 aromatic heterocycles. The SMILES string of the molecule is COc1ccc(S(=O)(=O)N(CC(=O)N(Cc2ccc(F)cc2)C(Cc2ccccc2)C(=O)NC(C)(C)C)c2ccc(F)cc2)cc1OC. The van der Waals surface area contributed by atoms with Crippen LogP contribution in [0.2, 0.25) is 0 Å². The van der Waals surface area contributed by atoms with Crippen molar-refractivity contribution in [1.29, 1.82) is 0 Å². The smallest absolute Gasteiger partial charge is 0.264 e. The van der Waals surface area contributed by atoms with Gasteiger partial charge in [-0.15, -0.1) is 0 Å². The molecule has 2 amide bonds. The number of sulfonamides is 1. The number of nitrogens with zero attached hydrogens (tertiary/aromatic N) is 2. The van der Waals surface area contributed by atoms with E-state index in [2.05, 4.69) is 5.32 Å². The van der Waals surface area contributed by atoms with Gasteiger partial charge in [-0.2, -0.15) is 0 Å². The maximum absolute atomic E-state index is 14.5. The Morgan fingerprint density at radius 1 is 0.792 bits per heavy atom. The molecule has 4 rings (SSSR count). The van der Waals surface area contributed by atoms with E-state index in [9.17, 15) is 26.8 Å². The van der Waals surface area contributed by atoms with E-state index in [1.807, 2.05) is 51.1 Å². The van der Waals surface area contributed by atoms with E-state index < -0.39 is 51.6 Å². The molecule has 1 atom stereocenters. The number of carbonyl (C=O) groups excluding carboxylic acids is 2. The van der Waals surface area contributed by atoms with E-state index in [1.54, 1.807) is 0 Å². The van der Waals surface area contributed by atoms with Crippen molar-refractivity contribution in [2.24, 2.45) is 0 Å². The van der Waals surface area contributed by atoms with E-state index in [4.69, 9.17) is 9.47 Å². The Balaban J connectivity index is 1.83. The van der Waals surface area contributed by atoms with Crippen molar-refractivity contribution >= 4 is 27.5 Å². The normalized spacial score (nSPS) is 12.1. The van der Waals surface area contributed by atoms with Crippen LogP contribution in [0, 0.1) is 11.6 Å². The van der Waals surface area contributed by atoms with Crippen LogP contribution < -0.4 is 19.1 Å². The molecule has 0 saturated carbocycles. The van der Waals surface area contributed by atoms with E-state index in [-0.39, 0.29) is 29.3 Å². The molecule has 0 aliphatic rings. The minimum Gasteiger partial charge on any atom is -0.493 e. The van der Waals surface area contributed by atoms with Gasteiger partial charge >= 0.3 is 0 Å². The van der Waals surface area contributed by atoms with Gasteiger partial charge in [-0.25, -0.2) is 17.2 Å². The standard InChI is InChI=1S/C36H39F2N3O6S/c1-36(2,3)39-35(43)31(21-25-9-7-6-8-10-25)40(23-26-11-13-27(37)14-12-26)34(42)24-41(29-17-15-28(38)16-18-29)48(44,45)30-19-20-32(46-4)33(22-30)47-5/h6-20,22,31H,21,23-24H2,1-5H3,(H,39,43). The zero-order valence-corrected chi connectivity index (χ0v) is 28.3. The number of anilines is 1. The number of nitrogens with one attached hydrogen (secondary N) is 1. The first kappa shape index (κ1) is 35.9.